The number of benzene rings is 1. The van der Waals surface area contributed by atoms with Crippen molar-refractivity contribution >= 4 is 35.2 Å². The topological polar surface area (TPSA) is 29.5 Å². The van der Waals surface area contributed by atoms with E-state index in [1.165, 1.54) is 11.3 Å². The minimum absolute atomic E-state index is 0.292. The number of carbonyl (C=O) groups excluding carboxylic acids is 1. The summed E-state index contributed by atoms with van der Waals surface area (Å²) in [6, 6.07) is 11.8. The minimum atomic E-state index is -0.292. The van der Waals surface area contributed by atoms with E-state index in [2.05, 4.69) is 18.7 Å². The smallest absolute Gasteiger partial charge is 0.341 e. The summed E-state index contributed by atoms with van der Waals surface area (Å²) in [6.45, 7) is 7.93. The largest absolute Gasteiger partial charge is 0.462 e. The molecule has 2 rings (SSSR count). The van der Waals surface area contributed by atoms with Crippen molar-refractivity contribution < 1.29 is 9.53 Å². The maximum absolute atomic E-state index is 12.6. The molecule has 3 nitrogen and oxygen atoms in total. The Morgan fingerprint density at radius 2 is 1.83 bits per heavy atom. The van der Waals surface area contributed by atoms with E-state index >= 15 is 0 Å². The van der Waals surface area contributed by atoms with Crippen LogP contribution in [0.15, 0.2) is 36.4 Å². The van der Waals surface area contributed by atoms with Crippen LogP contribution in [-0.2, 0) is 4.74 Å². The number of esters is 1. The summed E-state index contributed by atoms with van der Waals surface area (Å²) >= 11 is 6.90. The maximum atomic E-state index is 12.6. The lowest BCUT2D eigenvalue weighted by atomic mass is 10.1. The van der Waals surface area contributed by atoms with Gasteiger partial charge in [0.25, 0.3) is 0 Å². The Balaban J connectivity index is 2.74. The first kappa shape index (κ1) is 17.6. The van der Waals surface area contributed by atoms with E-state index in [0.717, 1.165) is 33.0 Å². The van der Waals surface area contributed by atoms with E-state index in [1.807, 2.05) is 43.3 Å². The molecule has 0 fully saturated rings. The Hall–Kier alpha value is -1.72. The Morgan fingerprint density at radius 3 is 2.39 bits per heavy atom. The lowest BCUT2D eigenvalue weighted by Crippen LogP contribution is -2.25. The molecule has 1 aromatic heterocycles. The number of carbonyl (C=O) groups is 1. The molecule has 2 aromatic rings. The molecule has 5 heteroatoms. The molecule has 0 atom stereocenters. The van der Waals surface area contributed by atoms with Crippen LogP contribution in [0.5, 0.6) is 0 Å². The van der Waals surface area contributed by atoms with Crippen LogP contribution in [0.1, 0.15) is 31.1 Å². The minimum Gasteiger partial charge on any atom is -0.462 e. The molecule has 0 radical (unpaired) electrons. The molecule has 0 unspecified atom stereocenters. The van der Waals surface area contributed by atoms with Crippen molar-refractivity contribution in [2.45, 2.75) is 20.8 Å². The summed E-state index contributed by atoms with van der Waals surface area (Å²) in [7, 11) is 0. The fraction of sp³-hybridized carbons (Fsp3) is 0.333. The molecular weight excluding hydrogens is 326 g/mol. The average molecular weight is 348 g/mol. The number of ether oxygens (including phenoxy) is 1. The zero-order chi connectivity index (χ0) is 16.8. The first-order valence-electron chi connectivity index (χ1n) is 7.77. The third kappa shape index (κ3) is 3.98. The second kappa shape index (κ2) is 8.22. The lowest BCUT2D eigenvalue weighted by molar-refractivity contribution is 0.0528. The zero-order valence-electron chi connectivity index (χ0n) is 13.7. The lowest BCUT2D eigenvalue weighted by Gasteiger charge is -2.24. The molecule has 23 heavy (non-hydrogen) atoms. The van der Waals surface area contributed by atoms with E-state index in [-0.39, 0.29) is 5.97 Å². The van der Waals surface area contributed by atoms with Gasteiger partial charge in [-0.25, -0.2) is 4.79 Å². The van der Waals surface area contributed by atoms with Crippen LogP contribution in [0.25, 0.3) is 10.4 Å². The van der Waals surface area contributed by atoms with Crippen LogP contribution < -0.4 is 4.90 Å². The molecule has 0 spiro atoms. The Labute approximate surface area is 146 Å². The van der Waals surface area contributed by atoms with Crippen LogP contribution in [0, 0.1) is 3.82 Å². The number of anilines is 1. The van der Waals surface area contributed by atoms with Gasteiger partial charge in [0.05, 0.1) is 21.0 Å². The molecule has 1 heterocycles. The van der Waals surface area contributed by atoms with Gasteiger partial charge >= 0.3 is 5.97 Å². The van der Waals surface area contributed by atoms with Crippen molar-refractivity contribution in [3.05, 3.63) is 45.8 Å². The highest BCUT2D eigenvalue weighted by molar-refractivity contribution is 7.73. The van der Waals surface area contributed by atoms with Gasteiger partial charge in [-0.05, 0) is 32.4 Å². The summed E-state index contributed by atoms with van der Waals surface area (Å²) in [6.07, 6.45) is 0. The molecule has 0 aliphatic heterocycles. The molecule has 0 aliphatic carbocycles. The highest BCUT2D eigenvalue weighted by Gasteiger charge is 2.22. The zero-order valence-corrected chi connectivity index (χ0v) is 15.3. The fourth-order valence-electron chi connectivity index (χ4n) is 2.49. The second-order valence-electron chi connectivity index (χ2n) is 4.91. The van der Waals surface area contributed by atoms with E-state index in [1.54, 1.807) is 0 Å². The van der Waals surface area contributed by atoms with Gasteiger partial charge in [0, 0.05) is 13.1 Å². The van der Waals surface area contributed by atoms with E-state index < -0.39 is 0 Å². The highest BCUT2D eigenvalue weighted by atomic mass is 32.1. The summed E-state index contributed by atoms with van der Waals surface area (Å²) in [5, 5.41) is 0. The normalized spacial score (nSPS) is 10.4. The summed E-state index contributed by atoms with van der Waals surface area (Å²) in [5.41, 5.74) is 2.46. The van der Waals surface area contributed by atoms with Crippen molar-refractivity contribution in [2.24, 2.45) is 0 Å². The predicted octanol–water partition coefficient (Wildman–Crippen LogP) is 5.17. The fourth-order valence-corrected chi connectivity index (χ4v) is 3.77. The first-order chi connectivity index (χ1) is 11.1. The van der Waals surface area contributed by atoms with Crippen LogP contribution in [0.3, 0.4) is 0 Å². The Bertz CT molecular complexity index is 722. The van der Waals surface area contributed by atoms with Gasteiger partial charge in [0.2, 0.25) is 0 Å². The molecule has 122 valence electrons. The average Bonchev–Trinajstić information content (AvgIpc) is 2.56. The van der Waals surface area contributed by atoms with Gasteiger partial charge in [-0.3, -0.25) is 0 Å². The molecule has 0 saturated carbocycles. The van der Waals surface area contributed by atoms with Crippen LogP contribution in [0.4, 0.5) is 5.69 Å². The summed E-state index contributed by atoms with van der Waals surface area (Å²) in [5.74, 6) is -0.292. The molecule has 1 aromatic carbocycles. The van der Waals surface area contributed by atoms with Crippen molar-refractivity contribution in [1.82, 2.24) is 0 Å². The van der Waals surface area contributed by atoms with Gasteiger partial charge in [-0.15, -0.1) is 11.3 Å². The molecule has 0 aliphatic rings. The number of hydrogen-bond donors (Lipinski definition) is 0. The van der Waals surface area contributed by atoms with Crippen molar-refractivity contribution in [2.75, 3.05) is 24.6 Å². The van der Waals surface area contributed by atoms with E-state index in [9.17, 15) is 4.79 Å². The van der Waals surface area contributed by atoms with Gasteiger partial charge in [0.1, 0.15) is 5.56 Å². The molecule has 0 bridgehead atoms. The number of rotatable bonds is 6. The molecule has 0 saturated heterocycles. The third-order valence-electron chi connectivity index (χ3n) is 3.56. The van der Waals surface area contributed by atoms with Crippen LogP contribution in [0.2, 0.25) is 0 Å². The van der Waals surface area contributed by atoms with E-state index in [4.69, 9.17) is 17.0 Å². The standard InChI is InChI=1S/C18H21NO2S2/c1-4-19(5-2)14-12-15(22)23-17(13-10-8-7-9-11-13)16(14)18(20)21-6-3/h7-12H,4-6H2,1-3H3. The van der Waals surface area contributed by atoms with Crippen LogP contribution >= 0.6 is 23.6 Å². The summed E-state index contributed by atoms with van der Waals surface area (Å²) in [4.78, 5) is 15.6. The highest BCUT2D eigenvalue weighted by Crippen LogP contribution is 2.36. The maximum Gasteiger partial charge on any atom is 0.341 e. The van der Waals surface area contributed by atoms with Gasteiger partial charge in [0.15, 0.2) is 0 Å². The molecule has 0 N–H and O–H groups in total. The second-order valence-corrected chi connectivity index (χ2v) is 6.66. The first-order valence-corrected chi connectivity index (χ1v) is 9.00. The van der Waals surface area contributed by atoms with Gasteiger partial charge in [-0.2, -0.15) is 0 Å². The summed E-state index contributed by atoms with van der Waals surface area (Å²) < 4.78 is 6.08. The number of nitrogens with zero attached hydrogens (tertiary/aromatic N) is 1. The molecule has 0 amide bonds. The van der Waals surface area contributed by atoms with Gasteiger partial charge in [-0.1, -0.05) is 42.5 Å². The Kier molecular flexibility index (Phi) is 6.30. The Morgan fingerprint density at radius 1 is 1.17 bits per heavy atom. The third-order valence-corrected chi connectivity index (χ3v) is 4.89. The monoisotopic (exact) mass is 347 g/mol. The SMILES string of the molecule is CCOC(=O)c1c(N(CC)CC)cc(=S)sc1-c1ccccc1. The van der Waals surface area contributed by atoms with Crippen LogP contribution in [-0.4, -0.2) is 25.7 Å². The number of hydrogen-bond acceptors (Lipinski definition) is 5. The quantitative estimate of drug-likeness (QED) is 0.533. The van der Waals surface area contributed by atoms with Gasteiger partial charge < -0.3 is 9.64 Å². The van der Waals surface area contributed by atoms with E-state index in [0.29, 0.717) is 12.2 Å². The van der Waals surface area contributed by atoms with Crippen molar-refractivity contribution in [3.8, 4) is 10.4 Å². The molecular formula is C18H21NO2S2. The van der Waals surface area contributed by atoms with Crippen molar-refractivity contribution in [3.63, 3.8) is 0 Å². The predicted molar refractivity (Wildman–Crippen MR) is 100 cm³/mol. The van der Waals surface area contributed by atoms with Crippen molar-refractivity contribution in [1.29, 1.82) is 0 Å².